The number of aliphatic carboxylic acids is 1. The van der Waals surface area contributed by atoms with Crippen molar-refractivity contribution in [3.8, 4) is 5.75 Å². The lowest BCUT2D eigenvalue weighted by Gasteiger charge is -2.27. The van der Waals surface area contributed by atoms with Gasteiger partial charge in [0.25, 0.3) is 0 Å². The summed E-state index contributed by atoms with van der Waals surface area (Å²) in [6, 6.07) is 4.10. The molecule has 0 aliphatic heterocycles. The Balaban J connectivity index is 3.25. The van der Waals surface area contributed by atoms with Crippen molar-refractivity contribution in [3.05, 3.63) is 28.8 Å². The third kappa shape index (κ3) is 4.76. The molecule has 0 fully saturated rings. The van der Waals surface area contributed by atoms with Crippen LogP contribution in [0.2, 0.25) is 0 Å². The smallest absolute Gasteiger partial charge is 0.303 e. The second-order valence-corrected chi connectivity index (χ2v) is 7.78. The highest BCUT2D eigenvalue weighted by Gasteiger charge is 2.24. The van der Waals surface area contributed by atoms with E-state index in [9.17, 15) is 9.90 Å². The number of hydrogen-bond donors (Lipinski definition) is 2. The monoisotopic (exact) mass is 292 g/mol. The Labute approximate surface area is 128 Å². The molecule has 1 aromatic carbocycles. The van der Waals surface area contributed by atoms with Gasteiger partial charge in [0, 0.05) is 6.42 Å². The van der Waals surface area contributed by atoms with E-state index in [0.717, 1.165) is 11.1 Å². The van der Waals surface area contributed by atoms with Gasteiger partial charge >= 0.3 is 5.97 Å². The number of carboxylic acids is 1. The predicted octanol–water partition coefficient (Wildman–Crippen LogP) is 4.39. The molecule has 2 N–H and O–H groups in total. The van der Waals surface area contributed by atoms with Crippen LogP contribution in [0.25, 0.3) is 0 Å². The number of phenols is 1. The average molecular weight is 292 g/mol. The van der Waals surface area contributed by atoms with E-state index in [1.165, 1.54) is 5.56 Å². The summed E-state index contributed by atoms with van der Waals surface area (Å²) < 4.78 is 0. The zero-order valence-corrected chi connectivity index (χ0v) is 14.1. The normalized spacial score (nSPS) is 12.5. The molecule has 21 heavy (non-hydrogen) atoms. The summed E-state index contributed by atoms with van der Waals surface area (Å²) in [7, 11) is 0. The molecule has 0 aromatic heterocycles. The Morgan fingerprint density at radius 1 is 1.05 bits per heavy atom. The fourth-order valence-electron chi connectivity index (χ4n) is 2.32. The van der Waals surface area contributed by atoms with Crippen molar-refractivity contribution in [2.75, 3.05) is 0 Å². The third-order valence-corrected chi connectivity index (χ3v) is 3.70. The Hall–Kier alpha value is -1.51. The summed E-state index contributed by atoms with van der Waals surface area (Å²) in [5.41, 5.74) is 2.81. The topological polar surface area (TPSA) is 57.5 Å². The molecule has 0 radical (unpaired) electrons. The Morgan fingerprint density at radius 3 is 2.05 bits per heavy atom. The molecular weight excluding hydrogens is 264 g/mol. The summed E-state index contributed by atoms with van der Waals surface area (Å²) in [6.07, 6.45) is 1.26. The molecular formula is C18H28O3. The first kappa shape index (κ1) is 17.5. The minimum Gasteiger partial charge on any atom is -0.507 e. The molecule has 0 atom stereocenters. The summed E-state index contributed by atoms with van der Waals surface area (Å²) in [5.74, 6) is -0.474. The molecule has 0 amide bonds. The highest BCUT2D eigenvalue weighted by atomic mass is 16.4. The fourth-order valence-corrected chi connectivity index (χ4v) is 2.32. The van der Waals surface area contributed by atoms with Gasteiger partial charge in [0.2, 0.25) is 0 Å². The van der Waals surface area contributed by atoms with Crippen LogP contribution in [0.3, 0.4) is 0 Å². The summed E-state index contributed by atoms with van der Waals surface area (Å²) in [5, 5.41) is 19.3. The Bertz CT molecular complexity index is 516. The molecule has 3 heteroatoms. The number of aromatic hydroxyl groups is 1. The summed E-state index contributed by atoms with van der Waals surface area (Å²) in [4.78, 5) is 10.7. The molecule has 0 bridgehead atoms. The van der Waals surface area contributed by atoms with Crippen molar-refractivity contribution >= 4 is 5.97 Å². The number of benzene rings is 1. The van der Waals surface area contributed by atoms with E-state index < -0.39 is 5.97 Å². The molecule has 0 spiro atoms. The quantitative estimate of drug-likeness (QED) is 0.865. The van der Waals surface area contributed by atoms with E-state index >= 15 is 0 Å². The van der Waals surface area contributed by atoms with Gasteiger partial charge in [0.1, 0.15) is 5.75 Å². The molecule has 3 nitrogen and oxygen atoms in total. The fraction of sp³-hybridized carbons (Fsp3) is 0.611. The molecule has 1 aromatic rings. The third-order valence-electron chi connectivity index (χ3n) is 3.70. The van der Waals surface area contributed by atoms with E-state index in [1.54, 1.807) is 0 Å². The van der Waals surface area contributed by atoms with Crippen molar-refractivity contribution in [2.45, 2.75) is 71.6 Å². The van der Waals surface area contributed by atoms with E-state index in [-0.39, 0.29) is 17.3 Å². The molecule has 0 unspecified atom stereocenters. The molecule has 0 aliphatic carbocycles. The maximum atomic E-state index is 10.7. The average Bonchev–Trinajstić information content (AvgIpc) is 2.27. The van der Waals surface area contributed by atoms with Crippen LogP contribution in [0.1, 0.15) is 71.1 Å². The second kappa shape index (κ2) is 6.08. The van der Waals surface area contributed by atoms with Crippen LogP contribution in [-0.2, 0) is 22.0 Å². The highest BCUT2D eigenvalue weighted by Crippen LogP contribution is 2.38. The van der Waals surface area contributed by atoms with Gasteiger partial charge < -0.3 is 10.2 Å². The van der Waals surface area contributed by atoms with Crippen LogP contribution in [-0.4, -0.2) is 16.2 Å². The molecule has 1 rings (SSSR count). The lowest BCUT2D eigenvalue weighted by atomic mass is 9.78. The maximum Gasteiger partial charge on any atom is 0.303 e. The first-order valence-electron chi connectivity index (χ1n) is 7.51. The minimum atomic E-state index is -0.794. The number of carbonyl (C=O) groups is 1. The second-order valence-electron chi connectivity index (χ2n) is 7.78. The van der Waals surface area contributed by atoms with E-state index in [0.29, 0.717) is 18.6 Å². The van der Waals surface area contributed by atoms with Crippen LogP contribution in [0, 0.1) is 0 Å². The van der Waals surface area contributed by atoms with E-state index in [2.05, 4.69) is 47.6 Å². The standard InChI is InChI=1S/C18H28O3/c1-17(2,3)13-10-12(8-7-9-15(19)20)16(21)14(11-13)18(4,5)6/h10-11,21H,7-9H2,1-6H3,(H,19,20). The number of hydrogen-bond acceptors (Lipinski definition) is 2. The lowest BCUT2D eigenvalue weighted by Crippen LogP contribution is -2.17. The molecule has 0 saturated heterocycles. The zero-order valence-electron chi connectivity index (χ0n) is 14.1. The van der Waals surface area contributed by atoms with Gasteiger partial charge in [-0.2, -0.15) is 0 Å². The van der Waals surface area contributed by atoms with Crippen molar-refractivity contribution < 1.29 is 15.0 Å². The van der Waals surface area contributed by atoms with Gasteiger partial charge in [-0.3, -0.25) is 4.79 Å². The van der Waals surface area contributed by atoms with Gasteiger partial charge in [-0.1, -0.05) is 53.7 Å². The predicted molar refractivity (Wildman–Crippen MR) is 86.1 cm³/mol. The van der Waals surface area contributed by atoms with Crippen LogP contribution in [0.4, 0.5) is 0 Å². The Morgan fingerprint density at radius 2 is 1.62 bits per heavy atom. The van der Waals surface area contributed by atoms with Gasteiger partial charge in [0.15, 0.2) is 0 Å². The molecule has 0 aliphatic rings. The largest absolute Gasteiger partial charge is 0.507 e. The van der Waals surface area contributed by atoms with Crippen molar-refractivity contribution in [3.63, 3.8) is 0 Å². The molecule has 118 valence electrons. The lowest BCUT2D eigenvalue weighted by molar-refractivity contribution is -0.137. The number of aryl methyl sites for hydroxylation is 1. The van der Waals surface area contributed by atoms with Gasteiger partial charge in [0.05, 0.1) is 0 Å². The number of phenolic OH excluding ortho intramolecular Hbond substituents is 1. The van der Waals surface area contributed by atoms with E-state index in [1.807, 2.05) is 6.07 Å². The SMILES string of the molecule is CC(C)(C)c1cc(CCCC(=O)O)c(O)c(C(C)(C)C)c1. The van der Waals surface area contributed by atoms with Crippen molar-refractivity contribution in [1.82, 2.24) is 0 Å². The van der Waals surface area contributed by atoms with Crippen molar-refractivity contribution in [2.24, 2.45) is 0 Å². The number of carboxylic acid groups (broad SMARTS) is 1. The van der Waals surface area contributed by atoms with Gasteiger partial charge in [-0.15, -0.1) is 0 Å². The minimum absolute atomic E-state index is 0.00471. The Kier molecular flexibility index (Phi) is 5.08. The summed E-state index contributed by atoms with van der Waals surface area (Å²) in [6.45, 7) is 12.7. The van der Waals surface area contributed by atoms with E-state index in [4.69, 9.17) is 5.11 Å². The van der Waals surface area contributed by atoms with Gasteiger partial charge in [-0.05, 0) is 40.4 Å². The van der Waals surface area contributed by atoms with Crippen molar-refractivity contribution in [1.29, 1.82) is 0 Å². The van der Waals surface area contributed by atoms with Crippen LogP contribution < -0.4 is 0 Å². The van der Waals surface area contributed by atoms with Crippen LogP contribution in [0.15, 0.2) is 12.1 Å². The number of rotatable bonds is 4. The first-order valence-corrected chi connectivity index (χ1v) is 7.51. The van der Waals surface area contributed by atoms with Crippen LogP contribution >= 0.6 is 0 Å². The summed E-state index contributed by atoms with van der Waals surface area (Å²) >= 11 is 0. The molecule has 0 saturated carbocycles. The van der Waals surface area contributed by atoms with Gasteiger partial charge in [-0.25, -0.2) is 0 Å². The zero-order chi connectivity index (χ0) is 16.4. The molecule has 0 heterocycles. The maximum absolute atomic E-state index is 10.7. The highest BCUT2D eigenvalue weighted by molar-refractivity contribution is 5.66. The van der Waals surface area contributed by atoms with Crippen LogP contribution in [0.5, 0.6) is 5.75 Å². The first-order chi connectivity index (χ1) is 9.43.